The van der Waals surface area contributed by atoms with Crippen molar-refractivity contribution in [3.8, 4) is 23.0 Å². The van der Waals surface area contributed by atoms with Gasteiger partial charge in [0.1, 0.15) is 0 Å². The minimum atomic E-state index is -0.551. The van der Waals surface area contributed by atoms with Crippen molar-refractivity contribution in [2.45, 2.75) is 49.5 Å². The Morgan fingerprint density at radius 3 is 1.48 bits per heavy atom. The van der Waals surface area contributed by atoms with Crippen LogP contribution in [0.4, 0.5) is 0 Å². The maximum atomic E-state index is 11.2. The molecule has 2 unspecified atom stereocenters. The van der Waals surface area contributed by atoms with Crippen LogP contribution >= 0.6 is 0 Å². The van der Waals surface area contributed by atoms with Crippen molar-refractivity contribution in [2.24, 2.45) is 0 Å². The number of rotatable bonds is 12. The number of esters is 2. The van der Waals surface area contributed by atoms with Crippen LogP contribution < -0.4 is 18.9 Å². The van der Waals surface area contributed by atoms with E-state index in [2.05, 4.69) is 0 Å². The fourth-order valence-corrected chi connectivity index (χ4v) is 5.08. The number of carbonyl (C=O) groups is 2. The number of hydrogen-bond acceptors (Lipinski definition) is 8. The van der Waals surface area contributed by atoms with Crippen LogP contribution in [-0.4, -0.2) is 63.5 Å². The molecule has 0 spiro atoms. The van der Waals surface area contributed by atoms with Gasteiger partial charge in [-0.2, -0.15) is 0 Å². The van der Waals surface area contributed by atoms with Gasteiger partial charge in [-0.3, -0.25) is 0 Å². The van der Waals surface area contributed by atoms with E-state index >= 15 is 0 Å². The summed E-state index contributed by atoms with van der Waals surface area (Å²) in [6.07, 6.45) is -0.235. The Morgan fingerprint density at radius 1 is 0.758 bits per heavy atom. The Morgan fingerprint density at radius 2 is 1.15 bits per heavy atom. The molecule has 2 aromatic carbocycles. The third-order valence-corrected chi connectivity index (χ3v) is 7.13. The Labute approximate surface area is 200 Å². The van der Waals surface area contributed by atoms with Crippen LogP contribution in [0.1, 0.15) is 25.0 Å². The second kappa shape index (κ2) is 13.2. The van der Waals surface area contributed by atoms with Gasteiger partial charge in [0.2, 0.25) is 0 Å². The monoisotopic (exact) mass is 526 g/mol. The molecule has 0 saturated carbocycles. The summed E-state index contributed by atoms with van der Waals surface area (Å²) in [5.41, 5.74) is 1.73. The van der Waals surface area contributed by atoms with Gasteiger partial charge in [-0.1, -0.05) is 0 Å². The van der Waals surface area contributed by atoms with Crippen molar-refractivity contribution in [1.82, 2.24) is 0 Å². The first-order chi connectivity index (χ1) is 15.7. The molecule has 0 radical (unpaired) electrons. The number of aliphatic hydroxyl groups excluding tert-OH is 2. The topological polar surface area (TPSA) is 112 Å². The molecule has 2 N–H and O–H groups in total. The van der Waals surface area contributed by atoms with E-state index in [9.17, 15) is 19.8 Å². The van der Waals surface area contributed by atoms with E-state index in [4.69, 9.17) is 18.9 Å². The van der Waals surface area contributed by atoms with Crippen LogP contribution in [0.25, 0.3) is 0 Å². The first-order valence-corrected chi connectivity index (χ1v) is 12.8. The molecule has 0 aliphatic heterocycles. The molecule has 8 nitrogen and oxygen atoms in total. The molecule has 0 heterocycles. The maximum absolute atomic E-state index is 11.2. The van der Waals surface area contributed by atoms with E-state index in [0.717, 1.165) is 11.1 Å². The summed E-state index contributed by atoms with van der Waals surface area (Å²) >= 11 is 0.0440. The van der Waals surface area contributed by atoms with E-state index < -0.39 is 24.1 Å². The first kappa shape index (κ1) is 26.7. The van der Waals surface area contributed by atoms with E-state index in [1.54, 1.807) is 36.4 Å². The molecule has 0 fully saturated rings. The van der Waals surface area contributed by atoms with Gasteiger partial charge in [-0.05, 0) is 0 Å². The molecule has 9 heteroatoms. The van der Waals surface area contributed by atoms with Gasteiger partial charge in [-0.25, -0.2) is 0 Å². The molecule has 180 valence electrons. The normalized spacial score (nSPS) is 12.5. The van der Waals surface area contributed by atoms with Gasteiger partial charge >= 0.3 is 200 Å². The van der Waals surface area contributed by atoms with Crippen LogP contribution in [0, 0.1) is 0 Å². The van der Waals surface area contributed by atoms with Gasteiger partial charge in [-0.15, -0.1) is 0 Å². The SMILES string of the molecule is COc1cc(CC(O)C[Se]CC(O)Cc2ccc(OC(C)=O)c(OC)c2)ccc1OC(C)=O. The van der Waals surface area contributed by atoms with Gasteiger partial charge in [0.25, 0.3) is 0 Å². The summed E-state index contributed by atoms with van der Waals surface area (Å²) in [4.78, 5) is 22.3. The number of carbonyl (C=O) groups excluding carboxylic acids is 2. The fourth-order valence-electron chi connectivity index (χ4n) is 3.16. The zero-order valence-electron chi connectivity index (χ0n) is 19.2. The zero-order chi connectivity index (χ0) is 24.4. The number of hydrogen-bond donors (Lipinski definition) is 2. The Hall–Kier alpha value is -2.58. The average molecular weight is 525 g/mol. The number of ether oxygens (including phenoxy) is 4. The third-order valence-electron chi connectivity index (χ3n) is 4.53. The summed E-state index contributed by atoms with van der Waals surface area (Å²) in [6.45, 7) is 2.64. The summed E-state index contributed by atoms with van der Waals surface area (Å²) in [5.74, 6) is 0.695. The molecule has 0 aliphatic rings. The van der Waals surface area contributed by atoms with Crippen LogP contribution in [0.3, 0.4) is 0 Å². The first-order valence-electron chi connectivity index (χ1n) is 10.4. The van der Waals surface area contributed by atoms with Crippen molar-refractivity contribution in [1.29, 1.82) is 0 Å². The van der Waals surface area contributed by atoms with E-state index in [1.807, 2.05) is 0 Å². The standard InChI is InChI=1S/C24H30O8Se/c1-15(25)31-21-7-5-17(11-23(21)29-3)9-19(27)13-33-14-20(28)10-18-6-8-22(32-16(2)26)24(12-18)30-4/h5-8,11-12,19-20,27-28H,9-10,13-14H2,1-4H3. The molecule has 2 atom stereocenters. The molecule has 0 bridgehead atoms. The van der Waals surface area contributed by atoms with Crippen molar-refractivity contribution in [3.05, 3.63) is 47.5 Å². The van der Waals surface area contributed by atoms with E-state index in [0.29, 0.717) is 46.5 Å². The van der Waals surface area contributed by atoms with E-state index in [1.165, 1.54) is 28.1 Å². The van der Waals surface area contributed by atoms with Gasteiger partial charge in [0.05, 0.1) is 0 Å². The van der Waals surface area contributed by atoms with Crippen molar-refractivity contribution in [3.63, 3.8) is 0 Å². The summed E-state index contributed by atoms with van der Waals surface area (Å²) in [5, 5.41) is 22.0. The molecule has 0 aliphatic carbocycles. The number of aliphatic hydroxyl groups is 2. The molecule has 2 rings (SSSR count). The quantitative estimate of drug-likeness (QED) is 0.247. The van der Waals surface area contributed by atoms with Gasteiger partial charge in [0, 0.05) is 0 Å². The number of benzene rings is 2. The summed E-state index contributed by atoms with van der Waals surface area (Å²) in [6, 6.07) is 10.4. The molecule has 0 aromatic heterocycles. The Bertz CT molecular complexity index is 871. The molecule has 33 heavy (non-hydrogen) atoms. The number of methoxy groups -OCH3 is 2. The predicted molar refractivity (Wildman–Crippen MR) is 123 cm³/mol. The molecule has 2 aromatic rings. The van der Waals surface area contributed by atoms with Crippen LogP contribution in [0.5, 0.6) is 23.0 Å². The molecule has 0 saturated heterocycles. The molecular weight excluding hydrogens is 495 g/mol. The zero-order valence-corrected chi connectivity index (χ0v) is 20.9. The Kier molecular flexibility index (Phi) is 10.7. The van der Waals surface area contributed by atoms with Gasteiger partial charge in [0.15, 0.2) is 0 Å². The molecule has 0 amide bonds. The fraction of sp³-hybridized carbons (Fsp3) is 0.417. The summed E-state index contributed by atoms with van der Waals surface area (Å²) in [7, 11) is 2.99. The van der Waals surface area contributed by atoms with Crippen molar-refractivity contribution in [2.75, 3.05) is 14.2 Å². The summed E-state index contributed by atoms with van der Waals surface area (Å²) < 4.78 is 20.7. The van der Waals surface area contributed by atoms with Crippen LogP contribution in [0.2, 0.25) is 10.6 Å². The van der Waals surface area contributed by atoms with E-state index in [-0.39, 0.29) is 15.0 Å². The second-order valence-electron chi connectivity index (χ2n) is 7.41. The van der Waals surface area contributed by atoms with Crippen molar-refractivity contribution >= 4 is 26.9 Å². The Balaban J connectivity index is 1.82. The predicted octanol–water partition coefficient (Wildman–Crippen LogP) is 2.60. The third kappa shape index (κ3) is 9.06. The van der Waals surface area contributed by atoms with Crippen molar-refractivity contribution < 1.29 is 38.7 Å². The van der Waals surface area contributed by atoms with Crippen LogP contribution in [-0.2, 0) is 22.4 Å². The average Bonchev–Trinajstić information content (AvgIpc) is 2.75. The minimum absolute atomic E-state index is 0.0440. The van der Waals surface area contributed by atoms with Crippen LogP contribution in [0.15, 0.2) is 36.4 Å². The van der Waals surface area contributed by atoms with Gasteiger partial charge < -0.3 is 0 Å². The molecular formula is C24H30O8Se. The second-order valence-corrected chi connectivity index (χ2v) is 9.67.